The lowest BCUT2D eigenvalue weighted by Gasteiger charge is -2.13. The molecule has 8 heteroatoms. The fourth-order valence-electron chi connectivity index (χ4n) is 1.70. The van der Waals surface area contributed by atoms with Crippen LogP contribution in [0.25, 0.3) is 0 Å². The number of nitro benzene ring substituents is 1. The highest BCUT2D eigenvalue weighted by molar-refractivity contribution is 7.99. The van der Waals surface area contributed by atoms with Gasteiger partial charge in [0.25, 0.3) is 11.6 Å². The number of carbonyl (C=O) groups is 2. The Bertz CT molecular complexity index is 561. The maximum atomic E-state index is 12.2. The predicted octanol–water partition coefficient (Wildman–Crippen LogP) is 2.30. The van der Waals surface area contributed by atoms with Crippen LogP contribution >= 0.6 is 11.8 Å². The number of thioether (sulfide) groups is 1. The van der Waals surface area contributed by atoms with Gasteiger partial charge in [0.1, 0.15) is 0 Å². The van der Waals surface area contributed by atoms with Gasteiger partial charge in [0.05, 0.1) is 16.9 Å². The van der Waals surface area contributed by atoms with Crippen molar-refractivity contribution in [2.24, 2.45) is 0 Å². The number of aliphatic carboxylic acids is 1. The minimum absolute atomic E-state index is 0.175. The Morgan fingerprint density at radius 1 is 1.48 bits per heavy atom. The van der Waals surface area contributed by atoms with Gasteiger partial charge >= 0.3 is 5.97 Å². The van der Waals surface area contributed by atoms with Gasteiger partial charge in [-0.25, -0.2) is 0 Å². The molecule has 0 saturated heterocycles. The maximum Gasteiger partial charge on any atom is 0.305 e. The summed E-state index contributed by atoms with van der Waals surface area (Å²) in [6.45, 7) is 3.47. The molecule has 0 saturated carbocycles. The van der Waals surface area contributed by atoms with Crippen LogP contribution in [0.5, 0.6) is 0 Å². The number of carboxylic acid groups (broad SMARTS) is 1. The van der Waals surface area contributed by atoms with E-state index in [0.717, 1.165) is 0 Å². The monoisotopic (exact) mass is 312 g/mol. The van der Waals surface area contributed by atoms with Gasteiger partial charge in [0, 0.05) is 23.1 Å². The first-order valence-electron chi connectivity index (χ1n) is 6.29. The van der Waals surface area contributed by atoms with Gasteiger partial charge in [0.2, 0.25) is 0 Å². The molecular formula is C13H16N2O5S. The van der Waals surface area contributed by atoms with Crippen LogP contribution in [0.2, 0.25) is 0 Å². The van der Waals surface area contributed by atoms with E-state index in [9.17, 15) is 19.7 Å². The van der Waals surface area contributed by atoms with Gasteiger partial charge < -0.3 is 10.4 Å². The van der Waals surface area contributed by atoms with Crippen LogP contribution in [-0.2, 0) is 4.79 Å². The molecule has 0 aliphatic carbocycles. The van der Waals surface area contributed by atoms with Gasteiger partial charge in [-0.05, 0) is 18.7 Å². The minimum Gasteiger partial charge on any atom is -0.481 e. The number of non-ortho nitro benzene ring substituents is 1. The summed E-state index contributed by atoms with van der Waals surface area (Å²) < 4.78 is 0. The molecule has 1 aromatic rings. The Morgan fingerprint density at radius 2 is 2.14 bits per heavy atom. The van der Waals surface area contributed by atoms with Crippen molar-refractivity contribution in [3.63, 3.8) is 0 Å². The quantitative estimate of drug-likeness (QED) is 0.454. The van der Waals surface area contributed by atoms with E-state index in [4.69, 9.17) is 5.11 Å². The van der Waals surface area contributed by atoms with Crippen LogP contribution in [0.4, 0.5) is 5.69 Å². The third kappa shape index (κ3) is 5.07. The van der Waals surface area contributed by atoms with E-state index in [2.05, 4.69) is 5.32 Å². The molecule has 0 bridgehead atoms. The maximum absolute atomic E-state index is 12.2. The normalized spacial score (nSPS) is 11.7. The van der Waals surface area contributed by atoms with E-state index in [0.29, 0.717) is 10.6 Å². The summed E-state index contributed by atoms with van der Waals surface area (Å²) >= 11 is 1.39. The zero-order valence-electron chi connectivity index (χ0n) is 11.7. The van der Waals surface area contributed by atoms with Crippen LogP contribution in [0.1, 0.15) is 30.6 Å². The van der Waals surface area contributed by atoms with Crippen molar-refractivity contribution in [3.05, 3.63) is 33.9 Å². The summed E-state index contributed by atoms with van der Waals surface area (Å²) in [6.07, 6.45) is -0.211. The number of benzene rings is 1. The fourth-order valence-corrected chi connectivity index (χ4v) is 2.49. The van der Waals surface area contributed by atoms with E-state index in [1.165, 1.54) is 30.0 Å². The zero-order chi connectivity index (χ0) is 16.0. The summed E-state index contributed by atoms with van der Waals surface area (Å²) in [7, 11) is 0. The fraction of sp³-hybridized carbons (Fsp3) is 0.385. The molecule has 0 aliphatic heterocycles. The standard InChI is InChI=1S/C13H16N2O5S/c1-3-21-11-5-4-9(15(19)20)7-10(11)13(18)14-8(2)6-12(16)17/h4-5,7-8H,3,6H2,1-2H3,(H,14,18)(H,16,17). The van der Waals surface area contributed by atoms with E-state index in [-0.39, 0.29) is 17.7 Å². The molecule has 0 aliphatic rings. The number of rotatable bonds is 7. The second-order valence-corrected chi connectivity index (χ2v) is 5.65. The number of nitrogens with zero attached hydrogens (tertiary/aromatic N) is 1. The largest absolute Gasteiger partial charge is 0.481 e. The summed E-state index contributed by atoms with van der Waals surface area (Å²) in [4.78, 5) is 33.6. The highest BCUT2D eigenvalue weighted by Gasteiger charge is 2.19. The van der Waals surface area contributed by atoms with Crippen molar-refractivity contribution in [3.8, 4) is 0 Å². The highest BCUT2D eigenvalue weighted by atomic mass is 32.2. The SMILES string of the molecule is CCSc1ccc([N+](=O)[O-])cc1C(=O)NC(C)CC(=O)O. The van der Waals surface area contributed by atoms with Gasteiger partial charge in [-0.1, -0.05) is 6.92 Å². The van der Waals surface area contributed by atoms with Crippen LogP contribution in [0.15, 0.2) is 23.1 Å². The zero-order valence-corrected chi connectivity index (χ0v) is 12.5. The molecule has 1 atom stereocenters. The lowest BCUT2D eigenvalue weighted by molar-refractivity contribution is -0.384. The second-order valence-electron chi connectivity index (χ2n) is 4.34. The van der Waals surface area contributed by atoms with Gasteiger partial charge in [0.15, 0.2) is 0 Å². The van der Waals surface area contributed by atoms with Crippen LogP contribution in [0, 0.1) is 10.1 Å². The Kier molecular flexibility index (Phi) is 6.16. The molecule has 0 radical (unpaired) electrons. The van der Waals surface area contributed by atoms with Crippen molar-refractivity contribution in [2.45, 2.75) is 31.2 Å². The number of hydrogen-bond acceptors (Lipinski definition) is 5. The smallest absolute Gasteiger partial charge is 0.305 e. The van der Waals surface area contributed by atoms with Gasteiger partial charge in [-0.15, -0.1) is 11.8 Å². The molecule has 114 valence electrons. The summed E-state index contributed by atoms with van der Waals surface area (Å²) in [5.41, 5.74) is 0.0137. The number of carbonyl (C=O) groups excluding carboxylic acids is 1. The van der Waals surface area contributed by atoms with Crippen molar-refractivity contribution in [1.82, 2.24) is 5.32 Å². The van der Waals surface area contributed by atoms with Crippen LogP contribution < -0.4 is 5.32 Å². The molecule has 1 aromatic carbocycles. The van der Waals surface area contributed by atoms with E-state index >= 15 is 0 Å². The molecule has 1 amide bonds. The lowest BCUT2D eigenvalue weighted by Crippen LogP contribution is -2.34. The number of amides is 1. The molecule has 0 heterocycles. The van der Waals surface area contributed by atoms with Crippen LogP contribution in [0.3, 0.4) is 0 Å². The molecule has 7 nitrogen and oxygen atoms in total. The first kappa shape index (κ1) is 17.0. The van der Waals surface area contributed by atoms with E-state index < -0.39 is 22.8 Å². The van der Waals surface area contributed by atoms with Crippen molar-refractivity contribution >= 4 is 29.3 Å². The van der Waals surface area contributed by atoms with Crippen LogP contribution in [-0.4, -0.2) is 33.7 Å². The van der Waals surface area contributed by atoms with Crippen molar-refractivity contribution < 1.29 is 19.6 Å². The lowest BCUT2D eigenvalue weighted by atomic mass is 10.1. The number of nitro groups is 1. The summed E-state index contributed by atoms with van der Waals surface area (Å²) in [5, 5.41) is 22.0. The number of hydrogen-bond donors (Lipinski definition) is 2. The summed E-state index contributed by atoms with van der Waals surface area (Å²) in [5.74, 6) is -0.823. The van der Waals surface area contributed by atoms with Gasteiger partial charge in [-0.3, -0.25) is 19.7 Å². The number of nitrogens with one attached hydrogen (secondary N) is 1. The molecule has 0 aromatic heterocycles. The minimum atomic E-state index is -1.02. The van der Waals surface area contributed by atoms with Crippen molar-refractivity contribution in [2.75, 3.05) is 5.75 Å². The average molecular weight is 312 g/mol. The molecular weight excluding hydrogens is 296 g/mol. The summed E-state index contributed by atoms with van der Waals surface area (Å²) in [6, 6.07) is 3.52. The molecule has 1 unspecified atom stereocenters. The molecule has 21 heavy (non-hydrogen) atoms. The topological polar surface area (TPSA) is 110 Å². The Labute approximate surface area is 125 Å². The van der Waals surface area contributed by atoms with E-state index in [1.54, 1.807) is 6.92 Å². The average Bonchev–Trinajstić information content (AvgIpc) is 2.37. The third-order valence-corrected chi connectivity index (χ3v) is 3.53. The second kappa shape index (κ2) is 7.63. The molecule has 2 N–H and O–H groups in total. The van der Waals surface area contributed by atoms with Gasteiger partial charge in [-0.2, -0.15) is 0 Å². The molecule has 0 spiro atoms. The highest BCUT2D eigenvalue weighted by Crippen LogP contribution is 2.26. The first-order valence-corrected chi connectivity index (χ1v) is 7.27. The van der Waals surface area contributed by atoms with E-state index in [1.807, 2.05) is 6.92 Å². The predicted molar refractivity (Wildman–Crippen MR) is 78.7 cm³/mol. The third-order valence-electron chi connectivity index (χ3n) is 2.58. The Hall–Kier alpha value is -2.09. The molecule has 1 rings (SSSR count). The molecule has 0 fully saturated rings. The van der Waals surface area contributed by atoms with Crippen molar-refractivity contribution in [1.29, 1.82) is 0 Å². The first-order chi connectivity index (χ1) is 9.85. The Balaban J connectivity index is 3.01. The number of carboxylic acids is 1. The Morgan fingerprint density at radius 3 is 2.67 bits per heavy atom.